The number of carbonyl (C=O) groups is 1. The zero-order valence-corrected chi connectivity index (χ0v) is 12.6. The highest BCUT2D eigenvalue weighted by Gasteiger charge is 2.42. The minimum Gasteiger partial charge on any atom is -0.321 e. The van der Waals surface area contributed by atoms with Gasteiger partial charge in [0.25, 0.3) is 0 Å². The fourth-order valence-electron chi connectivity index (χ4n) is 2.97. The number of carbonyl (C=O) groups excluding carboxylic acids is 1. The van der Waals surface area contributed by atoms with Gasteiger partial charge in [-0.25, -0.2) is 17.6 Å². The molecule has 24 heavy (non-hydrogen) atoms. The fraction of sp³-hybridized carbons (Fsp3) is 0.533. The van der Waals surface area contributed by atoms with Gasteiger partial charge in [-0.05, 0) is 18.3 Å². The SMILES string of the molecule is CC1(CC(=O)Nc2c(F)c(F)c(C(F)(F)F)c(F)c2F)CCCC1. The van der Waals surface area contributed by atoms with Crippen molar-refractivity contribution in [3.05, 3.63) is 28.8 Å². The van der Waals surface area contributed by atoms with Crippen LogP contribution in [0.1, 0.15) is 44.6 Å². The summed E-state index contributed by atoms with van der Waals surface area (Å²) in [5, 5.41) is 1.65. The summed E-state index contributed by atoms with van der Waals surface area (Å²) >= 11 is 0. The molecular weight excluding hydrogens is 343 g/mol. The summed E-state index contributed by atoms with van der Waals surface area (Å²) in [7, 11) is 0. The summed E-state index contributed by atoms with van der Waals surface area (Å²) in [6.45, 7) is 1.78. The maximum atomic E-state index is 13.7. The van der Waals surface area contributed by atoms with E-state index in [2.05, 4.69) is 0 Å². The fourth-order valence-corrected chi connectivity index (χ4v) is 2.97. The quantitative estimate of drug-likeness (QED) is 0.587. The van der Waals surface area contributed by atoms with Crippen LogP contribution in [0.25, 0.3) is 0 Å². The van der Waals surface area contributed by atoms with Gasteiger partial charge in [0.15, 0.2) is 23.3 Å². The summed E-state index contributed by atoms with van der Waals surface area (Å²) in [5.74, 6) is -10.7. The molecule has 0 bridgehead atoms. The topological polar surface area (TPSA) is 29.1 Å². The number of alkyl halides is 3. The maximum Gasteiger partial charge on any atom is 0.422 e. The van der Waals surface area contributed by atoms with E-state index in [1.807, 2.05) is 0 Å². The number of hydrogen-bond donors (Lipinski definition) is 1. The molecule has 0 atom stereocenters. The van der Waals surface area contributed by atoms with Crippen LogP contribution in [0.15, 0.2) is 0 Å². The molecule has 0 spiro atoms. The number of nitrogens with one attached hydrogen (secondary N) is 1. The van der Waals surface area contributed by atoms with Gasteiger partial charge < -0.3 is 5.32 Å². The lowest BCUT2D eigenvalue weighted by molar-refractivity contribution is -0.143. The molecule has 134 valence electrons. The lowest BCUT2D eigenvalue weighted by atomic mass is 9.85. The Hall–Kier alpha value is -1.80. The second kappa shape index (κ2) is 6.25. The third-order valence-corrected chi connectivity index (χ3v) is 4.21. The normalized spacial score (nSPS) is 17.2. The minimum atomic E-state index is -5.62. The molecule has 0 unspecified atom stereocenters. The highest BCUT2D eigenvalue weighted by atomic mass is 19.4. The predicted octanol–water partition coefficient (Wildman–Crippen LogP) is 5.17. The average molecular weight is 357 g/mol. The van der Waals surface area contributed by atoms with Crippen LogP contribution in [-0.4, -0.2) is 5.91 Å². The van der Waals surface area contributed by atoms with Crippen LogP contribution >= 0.6 is 0 Å². The molecule has 0 saturated heterocycles. The number of halogens is 7. The van der Waals surface area contributed by atoms with E-state index in [1.165, 1.54) is 0 Å². The van der Waals surface area contributed by atoms with Crippen molar-refractivity contribution >= 4 is 11.6 Å². The smallest absolute Gasteiger partial charge is 0.321 e. The lowest BCUT2D eigenvalue weighted by Crippen LogP contribution is -2.24. The third-order valence-electron chi connectivity index (χ3n) is 4.21. The Morgan fingerprint density at radius 3 is 1.88 bits per heavy atom. The van der Waals surface area contributed by atoms with Crippen LogP contribution < -0.4 is 5.32 Å². The first-order valence-electron chi connectivity index (χ1n) is 7.19. The van der Waals surface area contributed by atoms with Crippen molar-refractivity contribution in [2.24, 2.45) is 5.41 Å². The molecule has 1 aromatic rings. The highest BCUT2D eigenvalue weighted by molar-refractivity contribution is 5.91. The van der Waals surface area contributed by atoms with Crippen molar-refractivity contribution in [1.82, 2.24) is 0 Å². The first-order valence-corrected chi connectivity index (χ1v) is 7.19. The first-order chi connectivity index (χ1) is 11.0. The number of rotatable bonds is 3. The number of anilines is 1. The average Bonchev–Trinajstić information content (AvgIpc) is 2.86. The number of benzene rings is 1. The van der Waals surface area contributed by atoms with E-state index in [4.69, 9.17) is 0 Å². The second-order valence-electron chi connectivity index (χ2n) is 6.25. The Kier molecular flexibility index (Phi) is 4.83. The van der Waals surface area contributed by atoms with Crippen molar-refractivity contribution in [3.63, 3.8) is 0 Å². The summed E-state index contributed by atoms with van der Waals surface area (Å²) in [6.07, 6.45) is -2.64. The van der Waals surface area contributed by atoms with Crippen molar-refractivity contribution in [2.45, 2.75) is 45.2 Å². The number of amides is 1. The molecule has 9 heteroatoms. The van der Waals surface area contributed by atoms with Gasteiger partial charge in [-0.2, -0.15) is 13.2 Å². The molecule has 1 N–H and O–H groups in total. The Morgan fingerprint density at radius 2 is 1.46 bits per heavy atom. The number of hydrogen-bond acceptors (Lipinski definition) is 1. The lowest BCUT2D eigenvalue weighted by Gasteiger charge is -2.22. The third kappa shape index (κ3) is 3.49. The molecule has 0 aromatic heterocycles. The molecular formula is C15H14F7NO. The van der Waals surface area contributed by atoms with Crippen molar-refractivity contribution in [2.75, 3.05) is 5.32 Å². The second-order valence-corrected chi connectivity index (χ2v) is 6.25. The van der Waals surface area contributed by atoms with Crippen LogP contribution in [-0.2, 0) is 11.0 Å². The molecule has 0 radical (unpaired) electrons. The molecule has 2 rings (SSSR count). The van der Waals surface area contributed by atoms with E-state index in [-0.39, 0.29) is 6.42 Å². The van der Waals surface area contributed by atoms with Gasteiger partial charge in [0.1, 0.15) is 11.3 Å². The van der Waals surface area contributed by atoms with E-state index >= 15 is 0 Å². The van der Waals surface area contributed by atoms with Crippen molar-refractivity contribution in [1.29, 1.82) is 0 Å². The van der Waals surface area contributed by atoms with Gasteiger partial charge in [-0.1, -0.05) is 19.8 Å². The molecule has 1 fully saturated rings. The zero-order valence-electron chi connectivity index (χ0n) is 12.6. The molecule has 1 aliphatic rings. The Labute approximate surface area is 133 Å². The van der Waals surface area contributed by atoms with Gasteiger partial charge >= 0.3 is 6.18 Å². The monoisotopic (exact) mass is 357 g/mol. The molecule has 0 heterocycles. The van der Waals surface area contributed by atoms with Crippen molar-refractivity contribution < 1.29 is 35.5 Å². The first kappa shape index (κ1) is 18.5. The van der Waals surface area contributed by atoms with Gasteiger partial charge in [0.2, 0.25) is 5.91 Å². The van der Waals surface area contributed by atoms with E-state index < -0.39 is 52.0 Å². The van der Waals surface area contributed by atoms with Crippen molar-refractivity contribution in [3.8, 4) is 0 Å². The molecule has 1 saturated carbocycles. The van der Waals surface area contributed by atoms with Crippen LogP contribution in [0, 0.1) is 28.7 Å². The van der Waals surface area contributed by atoms with Gasteiger partial charge in [-0.3, -0.25) is 4.79 Å². The van der Waals surface area contributed by atoms with Gasteiger partial charge in [-0.15, -0.1) is 0 Å². The summed E-state index contributed by atoms with van der Waals surface area (Å²) in [6, 6.07) is 0. The van der Waals surface area contributed by atoms with E-state index in [9.17, 15) is 35.5 Å². The Morgan fingerprint density at radius 1 is 1.00 bits per heavy atom. The predicted molar refractivity (Wildman–Crippen MR) is 71.1 cm³/mol. The van der Waals surface area contributed by atoms with Crippen LogP contribution in [0.4, 0.5) is 36.4 Å². The van der Waals surface area contributed by atoms with Gasteiger partial charge in [0, 0.05) is 6.42 Å². The Bertz CT molecular complexity index is 634. The standard InChI is InChI=1S/C15H14F7NO/c1-14(4-2-3-5-14)6-7(24)23-13-11(18)9(16)8(15(20,21)22)10(17)12(13)19/h2-6H2,1H3,(H,23,24). The van der Waals surface area contributed by atoms with E-state index in [0.717, 1.165) is 12.8 Å². The highest BCUT2D eigenvalue weighted by Crippen LogP contribution is 2.41. The van der Waals surface area contributed by atoms with Crippen LogP contribution in [0.3, 0.4) is 0 Å². The van der Waals surface area contributed by atoms with Crippen LogP contribution in [0.5, 0.6) is 0 Å². The summed E-state index contributed by atoms with van der Waals surface area (Å²) in [4.78, 5) is 11.9. The van der Waals surface area contributed by atoms with E-state index in [0.29, 0.717) is 12.8 Å². The maximum absolute atomic E-state index is 13.7. The van der Waals surface area contributed by atoms with E-state index in [1.54, 1.807) is 12.2 Å². The molecule has 1 amide bonds. The molecule has 1 aromatic carbocycles. The molecule has 1 aliphatic carbocycles. The summed E-state index contributed by atoms with van der Waals surface area (Å²) < 4.78 is 91.8. The largest absolute Gasteiger partial charge is 0.422 e. The Balaban J connectivity index is 2.33. The zero-order chi connectivity index (χ0) is 18.3. The van der Waals surface area contributed by atoms with Crippen LogP contribution in [0.2, 0.25) is 0 Å². The van der Waals surface area contributed by atoms with Gasteiger partial charge in [0.05, 0.1) is 0 Å². The molecule has 2 nitrogen and oxygen atoms in total. The minimum absolute atomic E-state index is 0.157. The molecule has 0 aliphatic heterocycles. The summed E-state index contributed by atoms with van der Waals surface area (Å²) in [5.41, 5.74) is -4.64.